The maximum Gasteiger partial charge on any atom is 0.189 e. The van der Waals surface area contributed by atoms with Crippen LogP contribution in [0, 0.1) is 0 Å². The molecule has 0 aliphatic heterocycles. The number of rotatable bonds is 5. The van der Waals surface area contributed by atoms with Crippen LogP contribution >= 0.6 is 35.3 Å². The zero-order valence-corrected chi connectivity index (χ0v) is 15.0. The number of aliphatic imine (C=N–C) groups is 1. The minimum Gasteiger partial charge on any atom is -0.370 e. The molecule has 0 aliphatic carbocycles. The zero-order valence-electron chi connectivity index (χ0n) is 11.9. The number of nitrogens with one attached hydrogen (secondary N) is 1. The Balaban J connectivity index is 0.00000220. The van der Waals surface area contributed by atoms with E-state index in [0.717, 1.165) is 21.8 Å². The van der Waals surface area contributed by atoms with Crippen molar-refractivity contribution < 1.29 is 0 Å². The van der Waals surface area contributed by atoms with E-state index in [1.807, 2.05) is 42.6 Å². The summed E-state index contributed by atoms with van der Waals surface area (Å²) < 4.78 is 0. The lowest BCUT2D eigenvalue weighted by Crippen LogP contribution is -2.32. The van der Waals surface area contributed by atoms with E-state index in [2.05, 4.69) is 21.9 Å². The van der Waals surface area contributed by atoms with Crippen LogP contribution in [0.4, 0.5) is 0 Å². The second-order valence-electron chi connectivity index (χ2n) is 4.50. The smallest absolute Gasteiger partial charge is 0.189 e. The van der Waals surface area contributed by atoms with Crippen LogP contribution in [0.15, 0.2) is 52.9 Å². The number of nitrogens with zero attached hydrogens (tertiary/aromatic N) is 2. The fraction of sp³-hybridized carbons (Fsp3) is 0.200. The molecule has 0 spiro atoms. The van der Waals surface area contributed by atoms with Gasteiger partial charge in [0.1, 0.15) is 5.01 Å². The Bertz CT molecular complexity index is 607. The normalized spacial score (nSPS) is 10.8. The van der Waals surface area contributed by atoms with Crippen molar-refractivity contribution in [1.29, 1.82) is 0 Å². The minimum atomic E-state index is 0. The number of halogens is 1. The van der Waals surface area contributed by atoms with E-state index >= 15 is 0 Å². The van der Waals surface area contributed by atoms with Crippen molar-refractivity contribution in [1.82, 2.24) is 10.3 Å². The summed E-state index contributed by atoms with van der Waals surface area (Å²) >= 11 is 1.59. The molecule has 4 nitrogen and oxygen atoms in total. The predicted molar refractivity (Wildman–Crippen MR) is 101 cm³/mol. The molecular formula is C15H19IN4S. The number of aromatic nitrogens is 1. The maximum atomic E-state index is 5.76. The van der Waals surface area contributed by atoms with Crippen LogP contribution in [0.25, 0.3) is 11.3 Å². The Morgan fingerprint density at radius 2 is 2.10 bits per heavy atom. The molecular weight excluding hydrogens is 395 g/mol. The average molecular weight is 414 g/mol. The van der Waals surface area contributed by atoms with Gasteiger partial charge in [-0.2, -0.15) is 0 Å². The highest BCUT2D eigenvalue weighted by Gasteiger charge is 2.03. The number of hydrogen-bond donors (Lipinski definition) is 2. The van der Waals surface area contributed by atoms with Gasteiger partial charge in [0.05, 0.1) is 12.2 Å². The first kappa shape index (κ1) is 17.6. The van der Waals surface area contributed by atoms with Crippen molar-refractivity contribution in [3.05, 3.63) is 52.9 Å². The molecule has 3 N–H and O–H groups in total. The first-order valence-corrected chi connectivity index (χ1v) is 7.21. The Kier molecular flexibility index (Phi) is 7.38. The molecule has 0 saturated carbocycles. The second-order valence-corrected chi connectivity index (χ2v) is 5.45. The quantitative estimate of drug-likeness (QED) is 0.341. The first-order chi connectivity index (χ1) is 9.65. The Morgan fingerprint density at radius 1 is 1.38 bits per heavy atom. The highest BCUT2D eigenvalue weighted by molar-refractivity contribution is 14.0. The largest absolute Gasteiger partial charge is 0.370 e. The molecule has 21 heavy (non-hydrogen) atoms. The Morgan fingerprint density at radius 3 is 2.76 bits per heavy atom. The first-order valence-electron chi connectivity index (χ1n) is 6.33. The molecule has 0 aliphatic rings. The van der Waals surface area contributed by atoms with Crippen LogP contribution in [0.5, 0.6) is 0 Å². The number of benzene rings is 1. The van der Waals surface area contributed by atoms with E-state index < -0.39 is 0 Å². The van der Waals surface area contributed by atoms with Gasteiger partial charge >= 0.3 is 0 Å². The van der Waals surface area contributed by atoms with Gasteiger partial charge in [-0.1, -0.05) is 42.5 Å². The summed E-state index contributed by atoms with van der Waals surface area (Å²) in [5, 5.41) is 5.98. The number of guanidine groups is 1. The fourth-order valence-corrected chi connectivity index (χ4v) is 2.30. The highest BCUT2D eigenvalue weighted by atomic mass is 127. The molecule has 2 aromatic rings. The summed E-state index contributed by atoms with van der Waals surface area (Å²) in [4.78, 5) is 8.82. The van der Waals surface area contributed by atoms with Crippen molar-refractivity contribution in [2.24, 2.45) is 10.7 Å². The Labute approximate surface area is 146 Å². The molecule has 0 saturated heterocycles. The van der Waals surface area contributed by atoms with Crippen LogP contribution in [0.3, 0.4) is 0 Å². The number of thiazole rings is 1. The summed E-state index contributed by atoms with van der Waals surface area (Å²) in [5.41, 5.74) is 8.88. The third kappa shape index (κ3) is 5.84. The van der Waals surface area contributed by atoms with Crippen molar-refractivity contribution >= 4 is 41.3 Å². The topological polar surface area (TPSA) is 63.3 Å². The van der Waals surface area contributed by atoms with E-state index in [1.54, 1.807) is 11.3 Å². The van der Waals surface area contributed by atoms with Crippen LogP contribution < -0.4 is 11.1 Å². The van der Waals surface area contributed by atoms with Crippen LogP contribution in [-0.2, 0) is 6.54 Å². The monoisotopic (exact) mass is 414 g/mol. The van der Waals surface area contributed by atoms with Gasteiger partial charge in [0.25, 0.3) is 0 Å². The van der Waals surface area contributed by atoms with Crippen LogP contribution in [0.2, 0.25) is 0 Å². The van der Waals surface area contributed by atoms with Crippen molar-refractivity contribution in [3.8, 4) is 11.3 Å². The molecule has 6 heteroatoms. The van der Waals surface area contributed by atoms with E-state index in [0.29, 0.717) is 19.0 Å². The van der Waals surface area contributed by atoms with Gasteiger partial charge < -0.3 is 11.1 Å². The lowest BCUT2D eigenvalue weighted by Gasteiger charge is -2.03. The predicted octanol–water partition coefficient (Wildman–Crippen LogP) is 3.41. The van der Waals surface area contributed by atoms with Crippen LogP contribution in [0.1, 0.15) is 11.9 Å². The van der Waals surface area contributed by atoms with Gasteiger partial charge in [0, 0.05) is 17.5 Å². The average Bonchev–Trinajstić information content (AvgIpc) is 2.93. The van der Waals surface area contributed by atoms with Crippen molar-refractivity contribution in [3.63, 3.8) is 0 Å². The van der Waals surface area contributed by atoms with Gasteiger partial charge in [0.15, 0.2) is 5.96 Å². The summed E-state index contributed by atoms with van der Waals surface area (Å²) in [6.07, 6.45) is 0. The summed E-state index contributed by atoms with van der Waals surface area (Å²) in [6, 6.07) is 10.1. The lowest BCUT2D eigenvalue weighted by atomic mass is 10.2. The van der Waals surface area contributed by atoms with Gasteiger partial charge in [-0.25, -0.2) is 9.98 Å². The molecule has 0 bridgehead atoms. The molecule has 1 aromatic carbocycles. The van der Waals surface area contributed by atoms with Crippen molar-refractivity contribution in [2.75, 3.05) is 6.54 Å². The Hall–Kier alpha value is -1.41. The SMILES string of the molecule is C=C(C)CNC(N)=NCc1nc(-c2ccccc2)cs1.I. The molecule has 1 heterocycles. The second kappa shape index (κ2) is 8.78. The number of nitrogens with two attached hydrogens (primary N) is 1. The molecule has 0 fully saturated rings. The van der Waals surface area contributed by atoms with Crippen LogP contribution in [-0.4, -0.2) is 17.5 Å². The van der Waals surface area contributed by atoms with Gasteiger partial charge in [-0.3, -0.25) is 0 Å². The lowest BCUT2D eigenvalue weighted by molar-refractivity contribution is 0.935. The molecule has 0 amide bonds. The van der Waals surface area contributed by atoms with E-state index in [4.69, 9.17) is 5.73 Å². The number of hydrogen-bond acceptors (Lipinski definition) is 3. The molecule has 0 radical (unpaired) electrons. The molecule has 2 rings (SSSR count). The zero-order chi connectivity index (χ0) is 14.4. The molecule has 0 unspecified atom stereocenters. The molecule has 112 valence electrons. The molecule has 1 aromatic heterocycles. The van der Waals surface area contributed by atoms with Gasteiger partial charge in [0.2, 0.25) is 0 Å². The van der Waals surface area contributed by atoms with Crippen molar-refractivity contribution in [2.45, 2.75) is 13.5 Å². The summed E-state index contributed by atoms with van der Waals surface area (Å²) in [6.45, 7) is 6.87. The minimum absolute atomic E-state index is 0. The maximum absolute atomic E-state index is 5.76. The van der Waals surface area contributed by atoms with Gasteiger partial charge in [-0.15, -0.1) is 35.3 Å². The summed E-state index contributed by atoms with van der Waals surface area (Å²) in [5.74, 6) is 0.421. The van der Waals surface area contributed by atoms with E-state index in [1.165, 1.54) is 0 Å². The molecule has 0 atom stereocenters. The fourth-order valence-electron chi connectivity index (χ4n) is 1.58. The highest BCUT2D eigenvalue weighted by Crippen LogP contribution is 2.21. The van der Waals surface area contributed by atoms with E-state index in [-0.39, 0.29) is 24.0 Å². The van der Waals surface area contributed by atoms with E-state index in [9.17, 15) is 0 Å². The third-order valence-corrected chi connectivity index (χ3v) is 3.41. The standard InChI is InChI=1S/C15H18N4S.HI/c1-11(2)8-17-15(16)18-9-14-19-13(10-20-14)12-6-4-3-5-7-12;/h3-7,10H,1,8-9H2,2H3,(H3,16,17,18);1H. The van der Waals surface area contributed by atoms with Gasteiger partial charge in [-0.05, 0) is 6.92 Å². The third-order valence-electron chi connectivity index (χ3n) is 2.58. The summed E-state index contributed by atoms with van der Waals surface area (Å²) in [7, 11) is 0.